The highest BCUT2D eigenvalue weighted by atomic mass is 16.5. The van der Waals surface area contributed by atoms with Crippen molar-refractivity contribution in [3.63, 3.8) is 0 Å². The normalized spacial score (nSPS) is 13.2. The van der Waals surface area contributed by atoms with Crippen LogP contribution in [0.4, 0.5) is 0 Å². The molecular weight excluding hydrogens is 210 g/mol. The summed E-state index contributed by atoms with van der Waals surface area (Å²) in [6.45, 7) is 7.78. The van der Waals surface area contributed by atoms with Crippen LogP contribution < -0.4 is 5.32 Å². The van der Waals surface area contributed by atoms with Crippen LogP contribution in [0.5, 0.6) is 0 Å². The smallest absolute Gasteiger partial charge is 0.323 e. The third kappa shape index (κ3) is 7.23. The minimum Gasteiger partial charge on any atom is -0.481 e. The van der Waals surface area contributed by atoms with Crippen molar-refractivity contribution in [1.29, 1.82) is 0 Å². The van der Waals surface area contributed by atoms with Gasteiger partial charge in [0.15, 0.2) is 0 Å². The third-order valence-electron chi connectivity index (χ3n) is 1.83. The van der Waals surface area contributed by atoms with Crippen LogP contribution in [0.25, 0.3) is 0 Å². The fraction of sp³-hybridized carbons (Fsp3) is 0.818. The number of carbonyl (C=O) groups is 2. The second kappa shape index (κ2) is 6.48. The molecule has 0 aliphatic rings. The Morgan fingerprint density at radius 3 is 2.31 bits per heavy atom. The Morgan fingerprint density at radius 1 is 1.38 bits per heavy atom. The quantitative estimate of drug-likeness (QED) is 0.671. The number of carboxylic acid groups (broad SMARTS) is 1. The molecule has 0 aromatic heterocycles. The molecule has 0 aliphatic heterocycles. The number of hydrogen-bond donors (Lipinski definition) is 2. The van der Waals surface area contributed by atoms with Crippen molar-refractivity contribution in [3.05, 3.63) is 0 Å². The first-order valence-electron chi connectivity index (χ1n) is 5.42. The summed E-state index contributed by atoms with van der Waals surface area (Å²) in [5.41, 5.74) is -0.254. The predicted molar refractivity (Wildman–Crippen MR) is 60.2 cm³/mol. The predicted octanol–water partition coefficient (Wildman–Crippen LogP) is 1.17. The highest BCUT2D eigenvalue weighted by Gasteiger charge is 2.25. The number of nitrogens with one attached hydrogen (secondary N) is 1. The molecule has 0 saturated heterocycles. The molecule has 0 saturated carbocycles. The standard InChI is InChI=1S/C11H21NO4/c1-5-16-10(15)8(6-7-9(13)14)12-11(2,3)4/h8,12H,5-7H2,1-4H3,(H,13,14)/t8-/m1/s1. The Hall–Kier alpha value is -1.10. The fourth-order valence-electron chi connectivity index (χ4n) is 1.28. The van der Waals surface area contributed by atoms with Crippen LogP contribution in [0.2, 0.25) is 0 Å². The van der Waals surface area contributed by atoms with Crippen molar-refractivity contribution in [2.24, 2.45) is 0 Å². The number of aliphatic carboxylic acids is 1. The van der Waals surface area contributed by atoms with Gasteiger partial charge >= 0.3 is 11.9 Å². The van der Waals surface area contributed by atoms with Gasteiger partial charge < -0.3 is 9.84 Å². The average Bonchev–Trinajstić information content (AvgIpc) is 2.10. The van der Waals surface area contributed by atoms with E-state index in [2.05, 4.69) is 5.32 Å². The molecule has 94 valence electrons. The second-order valence-electron chi connectivity index (χ2n) is 4.63. The van der Waals surface area contributed by atoms with Gasteiger partial charge in [0.25, 0.3) is 0 Å². The van der Waals surface area contributed by atoms with E-state index in [1.807, 2.05) is 20.8 Å². The van der Waals surface area contributed by atoms with Crippen molar-refractivity contribution >= 4 is 11.9 Å². The maximum absolute atomic E-state index is 11.6. The Balaban J connectivity index is 4.38. The molecule has 0 rings (SSSR count). The van der Waals surface area contributed by atoms with Crippen LogP contribution in [-0.4, -0.2) is 35.2 Å². The molecular formula is C11H21NO4. The lowest BCUT2D eigenvalue weighted by Gasteiger charge is -2.26. The van der Waals surface area contributed by atoms with Crippen molar-refractivity contribution in [2.75, 3.05) is 6.61 Å². The van der Waals surface area contributed by atoms with E-state index in [0.29, 0.717) is 6.61 Å². The largest absolute Gasteiger partial charge is 0.481 e. The molecule has 0 unspecified atom stereocenters. The van der Waals surface area contributed by atoms with E-state index in [9.17, 15) is 9.59 Å². The topological polar surface area (TPSA) is 75.6 Å². The molecule has 0 amide bonds. The van der Waals surface area contributed by atoms with E-state index in [1.165, 1.54) is 0 Å². The van der Waals surface area contributed by atoms with Gasteiger partial charge in [-0.05, 0) is 34.1 Å². The SMILES string of the molecule is CCOC(=O)[C@@H](CCC(=O)O)NC(C)(C)C. The third-order valence-corrected chi connectivity index (χ3v) is 1.83. The number of carbonyl (C=O) groups excluding carboxylic acids is 1. The van der Waals surface area contributed by atoms with E-state index in [1.54, 1.807) is 6.92 Å². The molecule has 0 aromatic rings. The molecule has 0 radical (unpaired) electrons. The van der Waals surface area contributed by atoms with Crippen LogP contribution in [-0.2, 0) is 14.3 Å². The Bertz CT molecular complexity index is 245. The molecule has 1 atom stereocenters. The molecule has 0 aliphatic carbocycles. The summed E-state index contributed by atoms with van der Waals surface area (Å²) in [6.07, 6.45) is 0.192. The van der Waals surface area contributed by atoms with Crippen LogP contribution in [0.3, 0.4) is 0 Å². The lowest BCUT2D eigenvalue weighted by atomic mass is 10.0. The molecule has 2 N–H and O–H groups in total. The summed E-state index contributed by atoms with van der Waals surface area (Å²) in [5.74, 6) is -1.30. The maximum Gasteiger partial charge on any atom is 0.323 e. The van der Waals surface area contributed by atoms with Gasteiger partial charge in [0.05, 0.1) is 6.61 Å². The molecule has 0 spiro atoms. The Labute approximate surface area is 96.2 Å². The van der Waals surface area contributed by atoms with Gasteiger partial charge in [-0.3, -0.25) is 14.9 Å². The van der Waals surface area contributed by atoms with Crippen molar-refractivity contribution in [2.45, 2.75) is 52.1 Å². The van der Waals surface area contributed by atoms with E-state index in [-0.39, 0.29) is 18.4 Å². The average molecular weight is 231 g/mol. The second-order valence-corrected chi connectivity index (χ2v) is 4.63. The summed E-state index contributed by atoms with van der Waals surface area (Å²) in [7, 11) is 0. The van der Waals surface area contributed by atoms with E-state index in [4.69, 9.17) is 9.84 Å². The fourth-order valence-corrected chi connectivity index (χ4v) is 1.28. The maximum atomic E-state index is 11.6. The van der Waals surface area contributed by atoms with E-state index < -0.39 is 18.0 Å². The van der Waals surface area contributed by atoms with Crippen molar-refractivity contribution in [3.8, 4) is 0 Å². The summed E-state index contributed by atoms with van der Waals surface area (Å²) in [5, 5.41) is 11.7. The zero-order valence-electron chi connectivity index (χ0n) is 10.4. The van der Waals surface area contributed by atoms with E-state index in [0.717, 1.165) is 0 Å². The first-order chi connectivity index (χ1) is 7.26. The monoisotopic (exact) mass is 231 g/mol. The number of esters is 1. The van der Waals surface area contributed by atoms with Gasteiger partial charge in [0, 0.05) is 12.0 Å². The Kier molecular flexibility index (Phi) is 6.03. The van der Waals surface area contributed by atoms with Crippen molar-refractivity contribution in [1.82, 2.24) is 5.32 Å². The molecule has 0 heterocycles. The summed E-state index contributed by atoms with van der Waals surface area (Å²) < 4.78 is 4.89. The number of rotatable bonds is 6. The first-order valence-corrected chi connectivity index (χ1v) is 5.42. The van der Waals surface area contributed by atoms with Crippen molar-refractivity contribution < 1.29 is 19.4 Å². The van der Waals surface area contributed by atoms with Gasteiger partial charge in [-0.25, -0.2) is 0 Å². The Morgan fingerprint density at radius 2 is 1.94 bits per heavy atom. The summed E-state index contributed by atoms with van der Waals surface area (Å²) in [4.78, 5) is 22.0. The summed E-state index contributed by atoms with van der Waals surface area (Å²) in [6, 6.07) is -0.559. The molecule has 0 fully saturated rings. The van der Waals surface area contributed by atoms with Gasteiger partial charge in [-0.15, -0.1) is 0 Å². The lowest BCUT2D eigenvalue weighted by Crippen LogP contribution is -2.48. The lowest BCUT2D eigenvalue weighted by molar-refractivity contribution is -0.146. The minimum atomic E-state index is -0.912. The molecule has 5 nitrogen and oxygen atoms in total. The van der Waals surface area contributed by atoms with Gasteiger partial charge in [-0.1, -0.05) is 0 Å². The molecule has 0 bridgehead atoms. The highest BCUT2D eigenvalue weighted by molar-refractivity contribution is 5.77. The molecule has 5 heteroatoms. The number of hydrogen-bond acceptors (Lipinski definition) is 4. The van der Waals surface area contributed by atoms with Gasteiger partial charge in [-0.2, -0.15) is 0 Å². The van der Waals surface area contributed by atoms with E-state index >= 15 is 0 Å². The van der Waals surface area contributed by atoms with Crippen LogP contribution >= 0.6 is 0 Å². The number of carboxylic acids is 1. The first kappa shape index (κ1) is 14.9. The van der Waals surface area contributed by atoms with Gasteiger partial charge in [0.1, 0.15) is 6.04 Å². The molecule has 16 heavy (non-hydrogen) atoms. The minimum absolute atomic E-state index is 0.0490. The zero-order valence-corrected chi connectivity index (χ0v) is 10.4. The van der Waals surface area contributed by atoms with Crippen LogP contribution in [0.1, 0.15) is 40.5 Å². The number of ether oxygens (including phenoxy) is 1. The highest BCUT2D eigenvalue weighted by Crippen LogP contribution is 2.07. The van der Waals surface area contributed by atoms with Crippen LogP contribution in [0.15, 0.2) is 0 Å². The zero-order chi connectivity index (χ0) is 12.8. The molecule has 0 aromatic carbocycles. The summed E-state index contributed by atoms with van der Waals surface area (Å²) >= 11 is 0. The van der Waals surface area contributed by atoms with Gasteiger partial charge in [0.2, 0.25) is 0 Å². The van der Waals surface area contributed by atoms with Crippen LogP contribution in [0, 0.1) is 0 Å².